The Bertz CT molecular complexity index is 1520. The molecule has 6 aliphatic carbocycles. The average molecular weight is 723 g/mol. The maximum Gasteiger partial charge on any atom is 0.408 e. The molecule has 0 aromatic rings. The number of carbonyl (C=O) groups excluding carboxylic acids is 5. The normalized spacial score (nSPS) is 41.5. The maximum atomic E-state index is 14.1. The molecule has 290 valence electrons. The topological polar surface area (TPSA) is 128 Å². The van der Waals surface area contributed by atoms with Crippen molar-refractivity contribution >= 4 is 30.0 Å². The van der Waals surface area contributed by atoms with E-state index in [1.807, 2.05) is 6.92 Å². The number of esters is 1. The number of hydrogen-bond acceptors (Lipinski definition) is 7. The Labute approximate surface area is 311 Å². The van der Waals surface area contributed by atoms with E-state index in [9.17, 15) is 24.0 Å². The molecular weight excluding hydrogens is 656 g/mol. The minimum atomic E-state index is -1.24. The Morgan fingerprint density at radius 2 is 1.52 bits per heavy atom. The van der Waals surface area contributed by atoms with Gasteiger partial charge in [0.25, 0.3) is 0 Å². The number of fused-ring (bicyclic) bond motifs is 7. The van der Waals surface area contributed by atoms with Crippen LogP contribution in [0.4, 0.5) is 4.79 Å². The summed E-state index contributed by atoms with van der Waals surface area (Å²) in [7, 11) is 0. The van der Waals surface area contributed by atoms with E-state index in [4.69, 9.17) is 9.47 Å². The summed E-state index contributed by atoms with van der Waals surface area (Å²) in [5.41, 5.74) is -0.372. The van der Waals surface area contributed by atoms with Crippen LogP contribution in [-0.4, -0.2) is 52.8 Å². The average Bonchev–Trinajstić information content (AvgIpc) is 3.32. The van der Waals surface area contributed by atoms with Crippen LogP contribution in [0.1, 0.15) is 140 Å². The Hall–Kier alpha value is -2.71. The van der Waals surface area contributed by atoms with E-state index in [1.54, 1.807) is 34.6 Å². The molecule has 2 N–H and O–H groups in total. The van der Waals surface area contributed by atoms with Crippen LogP contribution in [0.3, 0.4) is 0 Å². The lowest BCUT2D eigenvalue weighted by molar-refractivity contribution is -0.195. The smallest absolute Gasteiger partial charge is 0.408 e. The van der Waals surface area contributed by atoms with E-state index < -0.39 is 22.8 Å². The van der Waals surface area contributed by atoms with Gasteiger partial charge in [0, 0.05) is 12.3 Å². The molecule has 6 rings (SSSR count). The molecule has 5 saturated carbocycles. The second kappa shape index (κ2) is 13.2. The van der Waals surface area contributed by atoms with Gasteiger partial charge in [-0.1, -0.05) is 41.5 Å². The van der Waals surface area contributed by atoms with E-state index in [2.05, 4.69) is 45.3 Å². The van der Waals surface area contributed by atoms with Crippen molar-refractivity contribution in [3.05, 3.63) is 11.1 Å². The fourth-order valence-corrected chi connectivity index (χ4v) is 12.7. The molecule has 9 nitrogen and oxygen atoms in total. The van der Waals surface area contributed by atoms with Gasteiger partial charge in [-0.3, -0.25) is 14.4 Å². The van der Waals surface area contributed by atoms with E-state index in [1.165, 1.54) is 5.57 Å². The summed E-state index contributed by atoms with van der Waals surface area (Å²) in [4.78, 5) is 65.2. The molecule has 0 saturated heterocycles. The third kappa shape index (κ3) is 6.35. The number of hydrogen-bond donors (Lipinski definition) is 2. The van der Waals surface area contributed by atoms with Gasteiger partial charge in [-0.25, -0.2) is 4.79 Å². The lowest BCUT2D eigenvalue weighted by atomic mass is 9.38. The lowest BCUT2D eigenvalue weighted by Gasteiger charge is -2.67. The summed E-state index contributed by atoms with van der Waals surface area (Å²) < 4.78 is 11.7. The van der Waals surface area contributed by atoms with Crippen LogP contribution in [0.25, 0.3) is 0 Å². The standard InChI is InChI=1S/C43H66N2O7/c1-23(2)34-31(47)21-43(44-37(49)40(8,9)45-38(50)52-39(5,6)7)19-15-30-27(35(34)43)12-13-33-41(10)18-16-32(25(4)29(41)14-17-42(30,33)11)51-36(48)28-20-26(22-46)24(28)3/h22-30,32-33H,12-21H2,1-11H3,(H,44,49)(H,45,50). The van der Waals surface area contributed by atoms with Gasteiger partial charge in [-0.05, 0) is 156 Å². The third-order valence-electron chi connectivity index (χ3n) is 15.4. The number of amides is 2. The van der Waals surface area contributed by atoms with Crippen LogP contribution in [0.2, 0.25) is 0 Å². The zero-order chi connectivity index (χ0) is 38.3. The number of aldehydes is 1. The van der Waals surface area contributed by atoms with Gasteiger partial charge in [0.15, 0.2) is 5.78 Å². The van der Waals surface area contributed by atoms with Crippen LogP contribution in [0.5, 0.6) is 0 Å². The number of rotatable bonds is 7. The van der Waals surface area contributed by atoms with Gasteiger partial charge >= 0.3 is 12.1 Å². The number of allylic oxidation sites excluding steroid dienone is 1. The predicted octanol–water partition coefficient (Wildman–Crippen LogP) is 7.74. The van der Waals surface area contributed by atoms with Crippen molar-refractivity contribution in [1.82, 2.24) is 10.6 Å². The molecule has 5 fully saturated rings. The third-order valence-corrected chi connectivity index (χ3v) is 15.4. The Balaban J connectivity index is 1.22. The van der Waals surface area contributed by atoms with Gasteiger partial charge in [-0.2, -0.15) is 0 Å². The van der Waals surface area contributed by atoms with Crippen LogP contribution in [-0.2, 0) is 28.7 Å². The Morgan fingerprint density at radius 1 is 0.885 bits per heavy atom. The summed E-state index contributed by atoms with van der Waals surface area (Å²) in [6.07, 6.45) is 8.98. The summed E-state index contributed by atoms with van der Waals surface area (Å²) in [6.45, 7) is 22.3. The number of carbonyl (C=O) groups is 5. The zero-order valence-corrected chi connectivity index (χ0v) is 33.8. The fourth-order valence-electron chi connectivity index (χ4n) is 12.7. The van der Waals surface area contributed by atoms with Crippen molar-refractivity contribution in [3.63, 3.8) is 0 Å². The molecule has 0 aliphatic heterocycles. The van der Waals surface area contributed by atoms with E-state index in [0.717, 1.165) is 56.8 Å². The number of Topliss-reactive ketones (excluding diaryl/α,β-unsaturated/α-hetero) is 1. The molecule has 0 aromatic heterocycles. The first kappa shape index (κ1) is 39.0. The van der Waals surface area contributed by atoms with E-state index in [0.29, 0.717) is 30.6 Å². The highest BCUT2D eigenvalue weighted by Gasteiger charge is 2.65. The number of ketones is 1. The minimum absolute atomic E-state index is 0.0280. The largest absolute Gasteiger partial charge is 0.462 e. The number of alkyl carbamates (subject to hydrolysis) is 1. The van der Waals surface area contributed by atoms with Crippen molar-refractivity contribution in [1.29, 1.82) is 0 Å². The predicted molar refractivity (Wildman–Crippen MR) is 199 cm³/mol. The maximum absolute atomic E-state index is 14.1. The van der Waals surface area contributed by atoms with Crippen LogP contribution in [0, 0.1) is 64.1 Å². The highest BCUT2D eigenvalue weighted by atomic mass is 16.6. The monoisotopic (exact) mass is 722 g/mol. The van der Waals surface area contributed by atoms with Crippen molar-refractivity contribution in [3.8, 4) is 0 Å². The molecule has 9 heteroatoms. The van der Waals surface area contributed by atoms with Gasteiger partial charge in [-0.15, -0.1) is 0 Å². The van der Waals surface area contributed by atoms with Crippen molar-refractivity contribution < 1.29 is 33.4 Å². The van der Waals surface area contributed by atoms with Crippen molar-refractivity contribution in [2.24, 2.45) is 64.1 Å². The highest BCUT2D eigenvalue weighted by Crippen LogP contribution is 2.70. The molecule has 52 heavy (non-hydrogen) atoms. The van der Waals surface area contributed by atoms with E-state index >= 15 is 0 Å². The van der Waals surface area contributed by atoms with Gasteiger partial charge in [0.2, 0.25) is 5.91 Å². The fraction of sp³-hybridized carbons (Fsp3) is 0.837. The van der Waals surface area contributed by atoms with Crippen molar-refractivity contribution in [2.75, 3.05) is 0 Å². The molecule has 6 aliphatic rings. The number of nitrogens with one attached hydrogen (secondary N) is 2. The second-order valence-corrected chi connectivity index (χ2v) is 20.3. The van der Waals surface area contributed by atoms with E-state index in [-0.39, 0.29) is 76.5 Å². The molecule has 0 radical (unpaired) electrons. The SMILES string of the molecule is CC(C)C1=C2C3CCC4C(C)(CCC5C(C)C(OC(=O)C6CC(C=O)C6C)CCC54C)C3CCC2(NC(=O)C(C)(C)NC(=O)OC(C)(C)C)CC1=O. The lowest BCUT2D eigenvalue weighted by Crippen LogP contribution is -2.65. The molecule has 12 unspecified atom stereocenters. The summed E-state index contributed by atoms with van der Waals surface area (Å²) in [6, 6.07) is 0. The van der Waals surface area contributed by atoms with Gasteiger partial charge in [0.05, 0.1) is 11.5 Å². The summed E-state index contributed by atoms with van der Waals surface area (Å²) in [5, 5.41) is 6.17. The first-order valence-corrected chi connectivity index (χ1v) is 20.4. The second-order valence-electron chi connectivity index (χ2n) is 20.3. The van der Waals surface area contributed by atoms with Gasteiger partial charge < -0.3 is 24.9 Å². The molecular formula is C43H66N2O7. The Kier molecular flexibility index (Phi) is 9.93. The molecule has 0 aromatic carbocycles. The first-order chi connectivity index (χ1) is 24.1. The van der Waals surface area contributed by atoms with Crippen LogP contribution in [0.15, 0.2) is 11.1 Å². The summed E-state index contributed by atoms with van der Waals surface area (Å²) >= 11 is 0. The van der Waals surface area contributed by atoms with Crippen LogP contribution >= 0.6 is 0 Å². The quantitative estimate of drug-likeness (QED) is 0.203. The Morgan fingerprint density at radius 3 is 2.13 bits per heavy atom. The molecule has 2 amide bonds. The number of ether oxygens (including phenoxy) is 2. The molecule has 0 bridgehead atoms. The zero-order valence-electron chi connectivity index (χ0n) is 33.8. The molecule has 12 atom stereocenters. The highest BCUT2D eigenvalue weighted by molar-refractivity contribution is 6.03. The first-order valence-electron chi connectivity index (χ1n) is 20.4. The molecule has 0 spiro atoms. The van der Waals surface area contributed by atoms with Gasteiger partial charge in [0.1, 0.15) is 23.5 Å². The molecule has 0 heterocycles. The minimum Gasteiger partial charge on any atom is -0.462 e. The van der Waals surface area contributed by atoms with Crippen LogP contribution < -0.4 is 10.6 Å². The van der Waals surface area contributed by atoms with Crippen molar-refractivity contribution in [2.45, 2.75) is 163 Å². The summed E-state index contributed by atoms with van der Waals surface area (Å²) in [5.74, 6) is 1.54.